The van der Waals surface area contributed by atoms with Crippen LogP contribution in [0.15, 0.2) is 6.07 Å². The van der Waals surface area contributed by atoms with Gasteiger partial charge in [0.05, 0.1) is 7.11 Å². The molecule has 1 aliphatic rings. The summed E-state index contributed by atoms with van der Waals surface area (Å²) in [6.07, 6.45) is 2.33. The summed E-state index contributed by atoms with van der Waals surface area (Å²) in [6, 6.07) is 0.774. The first kappa shape index (κ1) is 12.1. The molecule has 2 N–H and O–H groups in total. The molecule has 1 unspecified atom stereocenters. The van der Waals surface area contributed by atoms with E-state index >= 15 is 0 Å². The van der Waals surface area contributed by atoms with Crippen molar-refractivity contribution in [3.8, 4) is 11.5 Å². The largest absolute Gasteiger partial charge is 0.505 e. The van der Waals surface area contributed by atoms with Gasteiger partial charge in [-0.1, -0.05) is 0 Å². The number of phenolic OH excluding ortho intramolecular Hbond substituents is 1. The smallest absolute Gasteiger partial charge is 0.168 e. The van der Waals surface area contributed by atoms with Crippen LogP contribution in [0.25, 0.3) is 0 Å². The Hall–Kier alpha value is -1.36. The molecule has 1 aliphatic heterocycles. The lowest BCUT2D eigenvalue weighted by molar-refractivity contribution is 0.359. The molecule has 5 heteroatoms. The first-order valence-corrected chi connectivity index (χ1v) is 5.60. The summed E-state index contributed by atoms with van der Waals surface area (Å²) >= 11 is 0. The van der Waals surface area contributed by atoms with E-state index in [2.05, 4.69) is 5.32 Å². The Labute approximate surface area is 98.4 Å². The van der Waals surface area contributed by atoms with E-state index in [4.69, 9.17) is 4.74 Å². The van der Waals surface area contributed by atoms with E-state index in [1.54, 1.807) is 0 Å². The number of hydrogen-bond acceptors (Lipinski definition) is 3. The minimum absolute atomic E-state index is 0.0717. The van der Waals surface area contributed by atoms with Crippen molar-refractivity contribution < 1.29 is 18.6 Å². The van der Waals surface area contributed by atoms with Crippen molar-refractivity contribution >= 4 is 0 Å². The Kier molecular flexibility index (Phi) is 3.47. The highest BCUT2D eigenvalue weighted by molar-refractivity contribution is 5.46. The van der Waals surface area contributed by atoms with Gasteiger partial charge in [-0.2, -0.15) is 0 Å². The highest BCUT2D eigenvalue weighted by atomic mass is 19.1. The van der Waals surface area contributed by atoms with Gasteiger partial charge in [0.2, 0.25) is 0 Å². The van der Waals surface area contributed by atoms with Crippen molar-refractivity contribution in [3.63, 3.8) is 0 Å². The van der Waals surface area contributed by atoms with Crippen LogP contribution in [0.4, 0.5) is 8.78 Å². The van der Waals surface area contributed by atoms with Crippen LogP contribution in [0.1, 0.15) is 18.4 Å². The predicted molar refractivity (Wildman–Crippen MR) is 59.3 cm³/mol. The highest BCUT2D eigenvalue weighted by Gasteiger charge is 2.23. The van der Waals surface area contributed by atoms with Crippen molar-refractivity contribution in [1.29, 1.82) is 0 Å². The van der Waals surface area contributed by atoms with E-state index in [1.807, 2.05) is 0 Å². The second-order valence-electron chi connectivity index (χ2n) is 4.20. The van der Waals surface area contributed by atoms with Crippen LogP contribution >= 0.6 is 0 Å². The van der Waals surface area contributed by atoms with Gasteiger partial charge in [0, 0.05) is 17.7 Å². The fourth-order valence-electron chi connectivity index (χ4n) is 2.23. The maximum atomic E-state index is 13.5. The number of aromatic hydroxyl groups is 1. The molecule has 1 heterocycles. The maximum Gasteiger partial charge on any atom is 0.168 e. The molecule has 1 aromatic carbocycles. The Morgan fingerprint density at radius 1 is 1.47 bits per heavy atom. The summed E-state index contributed by atoms with van der Waals surface area (Å²) in [5.74, 6) is -2.32. The topological polar surface area (TPSA) is 41.5 Å². The van der Waals surface area contributed by atoms with Gasteiger partial charge in [0.25, 0.3) is 0 Å². The van der Waals surface area contributed by atoms with Gasteiger partial charge in [-0.15, -0.1) is 0 Å². The number of halogens is 2. The molecular weight excluding hydrogens is 228 g/mol. The van der Waals surface area contributed by atoms with E-state index < -0.39 is 17.4 Å². The van der Waals surface area contributed by atoms with E-state index in [0.717, 1.165) is 19.4 Å². The summed E-state index contributed by atoms with van der Waals surface area (Å²) < 4.78 is 31.6. The molecular formula is C12H15F2NO2. The number of nitrogens with one attached hydrogen (secondary N) is 1. The number of ether oxygens (including phenoxy) is 1. The van der Waals surface area contributed by atoms with E-state index in [0.29, 0.717) is 12.5 Å². The van der Waals surface area contributed by atoms with Crippen molar-refractivity contribution in [2.24, 2.45) is 0 Å². The van der Waals surface area contributed by atoms with Crippen LogP contribution in [0.5, 0.6) is 11.5 Å². The SMILES string of the molecule is COc1c(F)cc(F)c(O)c1CC1CCCN1. The van der Waals surface area contributed by atoms with Gasteiger partial charge in [0.1, 0.15) is 0 Å². The molecule has 1 atom stereocenters. The summed E-state index contributed by atoms with van der Waals surface area (Å²) in [5.41, 5.74) is 0.199. The summed E-state index contributed by atoms with van der Waals surface area (Å²) in [5, 5.41) is 12.9. The third kappa shape index (κ3) is 2.34. The Morgan fingerprint density at radius 3 is 2.82 bits per heavy atom. The first-order valence-electron chi connectivity index (χ1n) is 5.60. The van der Waals surface area contributed by atoms with Crippen molar-refractivity contribution in [3.05, 3.63) is 23.3 Å². The number of hydrogen-bond donors (Lipinski definition) is 2. The Bertz CT molecular complexity index is 417. The van der Waals surface area contributed by atoms with Crippen LogP contribution in [0, 0.1) is 11.6 Å². The maximum absolute atomic E-state index is 13.5. The second kappa shape index (κ2) is 4.87. The van der Waals surface area contributed by atoms with Gasteiger partial charge >= 0.3 is 0 Å². The van der Waals surface area contributed by atoms with Crippen LogP contribution in [0.3, 0.4) is 0 Å². The van der Waals surface area contributed by atoms with Gasteiger partial charge in [0.15, 0.2) is 23.1 Å². The third-order valence-corrected chi connectivity index (χ3v) is 3.07. The highest BCUT2D eigenvalue weighted by Crippen LogP contribution is 2.34. The van der Waals surface area contributed by atoms with Crippen LogP contribution < -0.4 is 10.1 Å². The number of phenols is 1. The monoisotopic (exact) mass is 243 g/mol. The number of benzene rings is 1. The predicted octanol–water partition coefficient (Wildman–Crippen LogP) is 1.97. The third-order valence-electron chi connectivity index (χ3n) is 3.07. The molecule has 1 aromatic rings. The fourth-order valence-corrected chi connectivity index (χ4v) is 2.23. The molecule has 0 aromatic heterocycles. The zero-order valence-electron chi connectivity index (χ0n) is 9.59. The molecule has 3 nitrogen and oxygen atoms in total. The van der Waals surface area contributed by atoms with Gasteiger partial charge in [-0.3, -0.25) is 0 Å². The standard InChI is InChI=1S/C12H15F2NO2/c1-17-12-8(5-7-3-2-4-15-7)11(16)9(13)6-10(12)14/h6-7,15-16H,2-5H2,1H3. The minimum atomic E-state index is -0.948. The minimum Gasteiger partial charge on any atom is -0.505 e. The Morgan fingerprint density at radius 2 is 2.24 bits per heavy atom. The average Bonchev–Trinajstić information content (AvgIpc) is 2.78. The van der Waals surface area contributed by atoms with Crippen LogP contribution in [-0.2, 0) is 6.42 Å². The lowest BCUT2D eigenvalue weighted by Gasteiger charge is -2.15. The fraction of sp³-hybridized carbons (Fsp3) is 0.500. The molecule has 0 amide bonds. The van der Waals surface area contributed by atoms with E-state index in [9.17, 15) is 13.9 Å². The summed E-state index contributed by atoms with van der Waals surface area (Å²) in [6.45, 7) is 0.894. The van der Waals surface area contributed by atoms with Crippen molar-refractivity contribution in [2.45, 2.75) is 25.3 Å². The zero-order chi connectivity index (χ0) is 12.4. The summed E-state index contributed by atoms with van der Waals surface area (Å²) in [7, 11) is 1.31. The quantitative estimate of drug-likeness (QED) is 0.852. The van der Waals surface area contributed by atoms with Crippen molar-refractivity contribution in [1.82, 2.24) is 5.32 Å². The van der Waals surface area contributed by atoms with Crippen LogP contribution in [-0.4, -0.2) is 24.8 Å². The van der Waals surface area contributed by atoms with Gasteiger partial charge in [-0.05, 0) is 25.8 Å². The molecule has 0 spiro atoms. The first-order chi connectivity index (χ1) is 8.13. The molecule has 17 heavy (non-hydrogen) atoms. The van der Waals surface area contributed by atoms with Gasteiger partial charge < -0.3 is 15.2 Å². The van der Waals surface area contributed by atoms with Crippen molar-refractivity contribution in [2.75, 3.05) is 13.7 Å². The van der Waals surface area contributed by atoms with Crippen LogP contribution in [0.2, 0.25) is 0 Å². The zero-order valence-corrected chi connectivity index (χ0v) is 9.59. The molecule has 1 saturated heterocycles. The molecule has 2 rings (SSSR count). The number of rotatable bonds is 3. The lowest BCUT2D eigenvalue weighted by atomic mass is 10.0. The molecule has 0 bridgehead atoms. The molecule has 1 fully saturated rings. The summed E-state index contributed by atoms with van der Waals surface area (Å²) in [4.78, 5) is 0. The lowest BCUT2D eigenvalue weighted by Crippen LogP contribution is -2.24. The van der Waals surface area contributed by atoms with E-state index in [1.165, 1.54) is 7.11 Å². The van der Waals surface area contributed by atoms with Gasteiger partial charge in [-0.25, -0.2) is 8.78 Å². The van der Waals surface area contributed by atoms with E-state index in [-0.39, 0.29) is 17.4 Å². The normalized spacial score (nSPS) is 19.6. The molecule has 0 saturated carbocycles. The number of methoxy groups -OCH3 is 1. The second-order valence-corrected chi connectivity index (χ2v) is 4.20. The molecule has 94 valence electrons. The molecule has 0 radical (unpaired) electrons. The average molecular weight is 243 g/mol. The molecule has 0 aliphatic carbocycles. The Balaban J connectivity index is 2.35.